The lowest BCUT2D eigenvalue weighted by Crippen LogP contribution is -2.38. The van der Waals surface area contributed by atoms with Crippen LogP contribution < -0.4 is 4.90 Å². The summed E-state index contributed by atoms with van der Waals surface area (Å²) in [6, 6.07) is 0.0602. The number of aromatic amines is 1. The molecule has 1 aliphatic rings. The molecule has 2 heterocycles. The number of imidazole rings is 1. The fourth-order valence-corrected chi connectivity index (χ4v) is 2.98. The molecule has 1 fully saturated rings. The number of hydrogen-bond donors (Lipinski definition) is 1. The van der Waals surface area contributed by atoms with Crippen molar-refractivity contribution >= 4 is 17.0 Å². The maximum absolute atomic E-state index is 12.7. The highest BCUT2D eigenvalue weighted by Gasteiger charge is 2.42. The quantitative estimate of drug-likeness (QED) is 0.926. The van der Waals surface area contributed by atoms with Crippen LogP contribution in [0.5, 0.6) is 0 Å². The summed E-state index contributed by atoms with van der Waals surface area (Å²) >= 11 is 0. The Balaban J connectivity index is 1.75. The molecule has 1 N–H and O–H groups in total. The number of hydrogen-bond acceptors (Lipinski definition) is 4. The number of nitrogens with one attached hydrogen (secondary N) is 1. The largest absolute Gasteiger partial charge is 0.391 e. The summed E-state index contributed by atoms with van der Waals surface area (Å²) in [5.41, 5.74) is 1.29. The van der Waals surface area contributed by atoms with Gasteiger partial charge in [-0.2, -0.15) is 13.2 Å². The molecule has 0 atom stereocenters. The van der Waals surface area contributed by atoms with Crippen LogP contribution >= 0.6 is 0 Å². The summed E-state index contributed by atoms with van der Waals surface area (Å²) < 4.78 is 38.1. The molecule has 0 radical (unpaired) electrons. The second-order valence-corrected chi connectivity index (χ2v) is 5.46. The molecule has 2 aromatic rings. The molecule has 1 saturated carbocycles. The van der Waals surface area contributed by atoms with Gasteiger partial charge >= 0.3 is 6.18 Å². The predicted molar refractivity (Wildman–Crippen MR) is 71.9 cm³/mol. The maximum Gasteiger partial charge on any atom is 0.391 e. The highest BCUT2D eigenvalue weighted by molar-refractivity contribution is 5.82. The van der Waals surface area contributed by atoms with Crippen molar-refractivity contribution < 1.29 is 13.2 Å². The van der Waals surface area contributed by atoms with Crippen LogP contribution in [0.25, 0.3) is 11.2 Å². The van der Waals surface area contributed by atoms with Crippen LogP contribution in [0.15, 0.2) is 12.7 Å². The van der Waals surface area contributed by atoms with Gasteiger partial charge in [0.2, 0.25) is 0 Å². The Kier molecular flexibility index (Phi) is 3.46. The second-order valence-electron chi connectivity index (χ2n) is 5.46. The Labute approximate surface area is 119 Å². The van der Waals surface area contributed by atoms with Gasteiger partial charge < -0.3 is 9.88 Å². The van der Waals surface area contributed by atoms with Gasteiger partial charge in [-0.05, 0) is 25.7 Å². The Morgan fingerprint density at radius 2 is 1.86 bits per heavy atom. The van der Waals surface area contributed by atoms with Crippen LogP contribution in [0.2, 0.25) is 0 Å². The van der Waals surface area contributed by atoms with E-state index >= 15 is 0 Å². The molecule has 0 saturated heterocycles. The molecule has 2 aromatic heterocycles. The third-order valence-corrected chi connectivity index (χ3v) is 4.24. The Morgan fingerprint density at radius 3 is 2.52 bits per heavy atom. The number of nitrogens with zero attached hydrogens (tertiary/aromatic N) is 4. The first-order chi connectivity index (χ1) is 9.97. The van der Waals surface area contributed by atoms with E-state index in [1.165, 1.54) is 12.7 Å². The molecule has 0 amide bonds. The SMILES string of the molecule is CN(c1ncnc2nc[nH]c12)C1CCC(C(F)(F)F)CC1. The number of halogens is 3. The van der Waals surface area contributed by atoms with Gasteiger partial charge in [-0.25, -0.2) is 15.0 Å². The number of anilines is 1. The van der Waals surface area contributed by atoms with Crippen molar-refractivity contribution in [1.29, 1.82) is 0 Å². The summed E-state index contributed by atoms with van der Waals surface area (Å²) in [5, 5.41) is 0. The fourth-order valence-electron chi connectivity index (χ4n) is 2.98. The van der Waals surface area contributed by atoms with E-state index in [1.807, 2.05) is 11.9 Å². The van der Waals surface area contributed by atoms with Gasteiger partial charge in [0.1, 0.15) is 11.8 Å². The lowest BCUT2D eigenvalue weighted by atomic mass is 9.85. The van der Waals surface area contributed by atoms with E-state index in [2.05, 4.69) is 19.9 Å². The van der Waals surface area contributed by atoms with E-state index in [4.69, 9.17) is 0 Å². The fraction of sp³-hybridized carbons (Fsp3) is 0.615. The second kappa shape index (κ2) is 5.16. The molecule has 8 heteroatoms. The zero-order valence-electron chi connectivity index (χ0n) is 11.6. The van der Waals surface area contributed by atoms with Crippen LogP contribution in [-0.2, 0) is 0 Å². The number of rotatable bonds is 2. The highest BCUT2D eigenvalue weighted by Crippen LogP contribution is 2.39. The van der Waals surface area contributed by atoms with Crippen molar-refractivity contribution in [1.82, 2.24) is 19.9 Å². The summed E-state index contributed by atoms with van der Waals surface area (Å²) in [7, 11) is 1.86. The Bertz CT molecular complexity index is 616. The highest BCUT2D eigenvalue weighted by atomic mass is 19.4. The van der Waals surface area contributed by atoms with Gasteiger partial charge in [-0.3, -0.25) is 0 Å². The Hall–Kier alpha value is -1.86. The molecule has 0 unspecified atom stereocenters. The molecule has 0 aliphatic heterocycles. The minimum absolute atomic E-state index is 0.0602. The molecule has 114 valence electrons. The smallest absolute Gasteiger partial charge is 0.355 e. The number of fused-ring (bicyclic) bond motifs is 1. The van der Waals surface area contributed by atoms with E-state index in [-0.39, 0.29) is 18.9 Å². The van der Waals surface area contributed by atoms with Crippen LogP contribution in [0, 0.1) is 5.92 Å². The zero-order valence-corrected chi connectivity index (χ0v) is 11.6. The lowest BCUT2D eigenvalue weighted by molar-refractivity contribution is -0.182. The van der Waals surface area contributed by atoms with Gasteiger partial charge in [0.15, 0.2) is 11.5 Å². The summed E-state index contributed by atoms with van der Waals surface area (Å²) in [5.74, 6) is -0.479. The van der Waals surface area contributed by atoms with E-state index in [0.29, 0.717) is 24.3 Å². The minimum Gasteiger partial charge on any atom is -0.355 e. The van der Waals surface area contributed by atoms with E-state index in [9.17, 15) is 13.2 Å². The van der Waals surface area contributed by atoms with Crippen molar-refractivity contribution in [3.8, 4) is 0 Å². The van der Waals surface area contributed by atoms with Crippen molar-refractivity contribution in [3.05, 3.63) is 12.7 Å². The summed E-state index contributed by atoms with van der Waals surface area (Å²) in [4.78, 5) is 17.3. The topological polar surface area (TPSA) is 57.7 Å². The van der Waals surface area contributed by atoms with Crippen molar-refractivity contribution in [2.75, 3.05) is 11.9 Å². The average Bonchev–Trinajstić information content (AvgIpc) is 2.94. The third-order valence-electron chi connectivity index (χ3n) is 4.24. The minimum atomic E-state index is -4.07. The first kappa shape index (κ1) is 14.1. The number of H-pyrrole nitrogens is 1. The van der Waals surface area contributed by atoms with Gasteiger partial charge in [-0.15, -0.1) is 0 Å². The number of aromatic nitrogens is 4. The molecule has 3 rings (SSSR count). The molecule has 1 aliphatic carbocycles. The molecule has 0 spiro atoms. The van der Waals surface area contributed by atoms with Crippen molar-refractivity contribution in [3.63, 3.8) is 0 Å². The molecule has 0 aromatic carbocycles. The standard InChI is InChI=1S/C13H16F3N5/c1-21(9-4-2-8(3-5-9)13(14,15)16)12-10-11(18-6-17-10)19-7-20-12/h6-9H,2-5H2,1H3,(H,17,18,19,20). The van der Waals surface area contributed by atoms with Gasteiger partial charge in [-0.1, -0.05) is 0 Å². The molecule has 21 heavy (non-hydrogen) atoms. The van der Waals surface area contributed by atoms with E-state index in [1.54, 1.807) is 0 Å². The van der Waals surface area contributed by atoms with Crippen LogP contribution in [0.3, 0.4) is 0 Å². The van der Waals surface area contributed by atoms with Gasteiger partial charge in [0, 0.05) is 13.1 Å². The zero-order chi connectivity index (χ0) is 15.0. The van der Waals surface area contributed by atoms with Gasteiger partial charge in [0.25, 0.3) is 0 Å². The van der Waals surface area contributed by atoms with E-state index in [0.717, 1.165) is 5.52 Å². The number of alkyl halides is 3. The van der Waals surface area contributed by atoms with Crippen molar-refractivity contribution in [2.45, 2.75) is 37.9 Å². The monoisotopic (exact) mass is 299 g/mol. The third kappa shape index (κ3) is 2.66. The summed E-state index contributed by atoms with van der Waals surface area (Å²) in [6.45, 7) is 0. The molecular formula is C13H16F3N5. The van der Waals surface area contributed by atoms with Crippen LogP contribution in [-0.4, -0.2) is 39.2 Å². The van der Waals surface area contributed by atoms with Crippen LogP contribution in [0.4, 0.5) is 19.0 Å². The van der Waals surface area contributed by atoms with Crippen molar-refractivity contribution in [2.24, 2.45) is 5.92 Å². The Morgan fingerprint density at radius 1 is 1.14 bits per heavy atom. The first-order valence-electron chi connectivity index (χ1n) is 6.90. The molecule has 5 nitrogen and oxygen atoms in total. The normalized spacial score (nSPS) is 23.4. The maximum atomic E-state index is 12.7. The molecule has 0 bridgehead atoms. The predicted octanol–water partition coefficient (Wildman–Crippen LogP) is 2.91. The first-order valence-corrected chi connectivity index (χ1v) is 6.90. The molecular weight excluding hydrogens is 283 g/mol. The summed E-state index contributed by atoms with van der Waals surface area (Å²) in [6.07, 6.45) is 0.273. The van der Waals surface area contributed by atoms with E-state index < -0.39 is 12.1 Å². The lowest BCUT2D eigenvalue weighted by Gasteiger charge is -2.35. The average molecular weight is 299 g/mol. The van der Waals surface area contributed by atoms with Crippen LogP contribution in [0.1, 0.15) is 25.7 Å². The van der Waals surface area contributed by atoms with Gasteiger partial charge in [0.05, 0.1) is 12.2 Å².